The van der Waals surface area contributed by atoms with Gasteiger partial charge >= 0.3 is 12.0 Å². The first-order valence-corrected chi connectivity index (χ1v) is 7.60. The van der Waals surface area contributed by atoms with Crippen molar-refractivity contribution in [1.29, 1.82) is 0 Å². The van der Waals surface area contributed by atoms with Gasteiger partial charge in [-0.25, -0.2) is 4.79 Å². The predicted molar refractivity (Wildman–Crippen MR) is 83.4 cm³/mol. The molecule has 1 saturated heterocycles. The normalized spacial score (nSPS) is 17.0. The molecule has 0 aliphatic carbocycles. The molecule has 0 bridgehead atoms. The number of benzene rings is 1. The molecule has 2 N–H and O–H groups in total. The van der Waals surface area contributed by atoms with Crippen molar-refractivity contribution in [3.63, 3.8) is 0 Å². The fourth-order valence-electron chi connectivity index (χ4n) is 2.43. The lowest BCUT2D eigenvalue weighted by atomic mass is 10.2. The number of urea groups is 1. The Labute approximate surface area is 135 Å². The van der Waals surface area contributed by atoms with Crippen LogP contribution in [0.2, 0.25) is 0 Å². The number of nitrogens with zero attached hydrogens (tertiary/aromatic N) is 1. The number of carbonyl (C=O) groups excluding carboxylic acids is 3. The molecule has 0 saturated carbocycles. The first kappa shape index (κ1) is 16.8. The Bertz CT molecular complexity index is 562. The van der Waals surface area contributed by atoms with Crippen molar-refractivity contribution in [2.75, 3.05) is 19.7 Å². The second-order valence-electron chi connectivity index (χ2n) is 5.29. The molecule has 124 valence electrons. The SMILES string of the molecule is CCOC(=O)CNC(=O)NC1CC(=O)N(Cc2ccccc2)C1. The number of rotatable bonds is 6. The fourth-order valence-corrected chi connectivity index (χ4v) is 2.43. The van der Waals surface area contributed by atoms with Crippen LogP contribution in [0.1, 0.15) is 18.9 Å². The first-order chi connectivity index (χ1) is 11.1. The van der Waals surface area contributed by atoms with Gasteiger partial charge in [-0.1, -0.05) is 30.3 Å². The van der Waals surface area contributed by atoms with E-state index in [1.54, 1.807) is 11.8 Å². The van der Waals surface area contributed by atoms with Gasteiger partial charge in [-0.3, -0.25) is 9.59 Å². The average molecular weight is 319 g/mol. The van der Waals surface area contributed by atoms with E-state index < -0.39 is 12.0 Å². The lowest BCUT2D eigenvalue weighted by Gasteiger charge is -2.17. The summed E-state index contributed by atoms with van der Waals surface area (Å²) in [6, 6.07) is 8.96. The van der Waals surface area contributed by atoms with Crippen molar-refractivity contribution < 1.29 is 19.1 Å². The molecule has 1 unspecified atom stereocenters. The van der Waals surface area contributed by atoms with Crippen molar-refractivity contribution in [2.24, 2.45) is 0 Å². The lowest BCUT2D eigenvalue weighted by Crippen LogP contribution is -2.45. The van der Waals surface area contributed by atoms with E-state index in [2.05, 4.69) is 10.6 Å². The highest BCUT2D eigenvalue weighted by Crippen LogP contribution is 2.14. The van der Waals surface area contributed by atoms with E-state index in [0.29, 0.717) is 13.1 Å². The molecule has 1 aliphatic heterocycles. The topological polar surface area (TPSA) is 87.7 Å². The molecule has 7 heteroatoms. The number of carbonyl (C=O) groups is 3. The molecule has 0 aromatic heterocycles. The molecule has 1 heterocycles. The van der Waals surface area contributed by atoms with Crippen LogP contribution in [0.4, 0.5) is 4.79 Å². The monoisotopic (exact) mass is 319 g/mol. The molecule has 3 amide bonds. The van der Waals surface area contributed by atoms with Gasteiger partial charge in [0.15, 0.2) is 0 Å². The van der Waals surface area contributed by atoms with Gasteiger partial charge in [0, 0.05) is 19.5 Å². The molecule has 1 fully saturated rings. The van der Waals surface area contributed by atoms with E-state index in [0.717, 1.165) is 5.56 Å². The number of amides is 3. The lowest BCUT2D eigenvalue weighted by molar-refractivity contribution is -0.141. The second kappa shape index (κ2) is 8.17. The Morgan fingerprint density at radius 1 is 1.30 bits per heavy atom. The van der Waals surface area contributed by atoms with Crippen molar-refractivity contribution in [1.82, 2.24) is 15.5 Å². The summed E-state index contributed by atoms with van der Waals surface area (Å²) >= 11 is 0. The third kappa shape index (κ3) is 5.28. The number of nitrogens with one attached hydrogen (secondary N) is 2. The van der Waals surface area contributed by atoms with E-state index >= 15 is 0 Å². The molecule has 7 nitrogen and oxygen atoms in total. The number of esters is 1. The predicted octanol–water partition coefficient (Wildman–Crippen LogP) is 0.650. The molecular formula is C16H21N3O4. The van der Waals surface area contributed by atoms with Gasteiger partial charge in [0.05, 0.1) is 12.6 Å². The maximum absolute atomic E-state index is 12.0. The van der Waals surface area contributed by atoms with Gasteiger partial charge in [0.2, 0.25) is 5.91 Å². The standard InChI is InChI=1S/C16H21N3O4/c1-2-23-15(21)9-17-16(22)18-13-8-14(20)19(11-13)10-12-6-4-3-5-7-12/h3-7,13H,2,8-11H2,1H3,(H2,17,18,22). The summed E-state index contributed by atoms with van der Waals surface area (Å²) in [6.07, 6.45) is 0.264. The summed E-state index contributed by atoms with van der Waals surface area (Å²) in [5.41, 5.74) is 1.05. The number of likely N-dealkylation sites (tertiary alicyclic amines) is 1. The summed E-state index contributed by atoms with van der Waals surface area (Å²) in [5.74, 6) is -0.486. The van der Waals surface area contributed by atoms with Gasteiger partial charge in [-0.2, -0.15) is 0 Å². The van der Waals surface area contributed by atoms with Gasteiger partial charge in [-0.15, -0.1) is 0 Å². The van der Waals surface area contributed by atoms with Gasteiger partial charge in [-0.05, 0) is 12.5 Å². The minimum atomic E-state index is -0.490. The molecule has 23 heavy (non-hydrogen) atoms. The minimum Gasteiger partial charge on any atom is -0.465 e. The maximum atomic E-state index is 12.0. The Morgan fingerprint density at radius 3 is 2.74 bits per heavy atom. The van der Waals surface area contributed by atoms with Crippen LogP contribution in [0.3, 0.4) is 0 Å². The summed E-state index contributed by atoms with van der Waals surface area (Å²) in [6.45, 7) is 2.77. The van der Waals surface area contributed by atoms with Crippen LogP contribution in [0, 0.1) is 0 Å². The molecular weight excluding hydrogens is 298 g/mol. The Kier molecular flexibility index (Phi) is 5.96. The average Bonchev–Trinajstić information content (AvgIpc) is 2.86. The highest BCUT2D eigenvalue weighted by atomic mass is 16.5. The van der Waals surface area contributed by atoms with Crippen molar-refractivity contribution in [2.45, 2.75) is 25.9 Å². The highest BCUT2D eigenvalue weighted by molar-refractivity contribution is 5.83. The largest absolute Gasteiger partial charge is 0.465 e. The molecule has 0 radical (unpaired) electrons. The third-order valence-electron chi connectivity index (χ3n) is 3.46. The van der Waals surface area contributed by atoms with Crippen molar-refractivity contribution >= 4 is 17.9 Å². The molecule has 1 aromatic rings. The zero-order valence-corrected chi connectivity index (χ0v) is 13.1. The quantitative estimate of drug-likeness (QED) is 0.754. The zero-order chi connectivity index (χ0) is 16.7. The second-order valence-corrected chi connectivity index (χ2v) is 5.29. The van der Waals surface area contributed by atoms with E-state index in [9.17, 15) is 14.4 Å². The Hall–Kier alpha value is -2.57. The number of hydrogen-bond donors (Lipinski definition) is 2. The zero-order valence-electron chi connectivity index (χ0n) is 13.1. The number of ether oxygens (including phenoxy) is 1. The van der Waals surface area contributed by atoms with E-state index in [1.165, 1.54) is 0 Å². The number of hydrogen-bond acceptors (Lipinski definition) is 4. The molecule has 0 spiro atoms. The Morgan fingerprint density at radius 2 is 2.04 bits per heavy atom. The summed E-state index contributed by atoms with van der Waals surface area (Å²) in [5, 5.41) is 5.12. The van der Waals surface area contributed by atoms with Crippen LogP contribution in [0.5, 0.6) is 0 Å². The fraction of sp³-hybridized carbons (Fsp3) is 0.438. The molecule has 1 aromatic carbocycles. The maximum Gasteiger partial charge on any atom is 0.325 e. The van der Waals surface area contributed by atoms with Crippen molar-refractivity contribution in [3.05, 3.63) is 35.9 Å². The van der Waals surface area contributed by atoms with Gasteiger partial charge in [0.25, 0.3) is 0 Å². The van der Waals surface area contributed by atoms with Crippen molar-refractivity contribution in [3.8, 4) is 0 Å². The molecule has 1 aliphatic rings. The van der Waals surface area contributed by atoms with Crippen LogP contribution >= 0.6 is 0 Å². The van der Waals surface area contributed by atoms with Gasteiger partial charge in [0.1, 0.15) is 6.54 Å². The summed E-state index contributed by atoms with van der Waals surface area (Å²) in [7, 11) is 0. The molecule has 2 rings (SSSR count). The molecule has 1 atom stereocenters. The smallest absolute Gasteiger partial charge is 0.325 e. The van der Waals surface area contributed by atoms with Crippen LogP contribution in [-0.4, -0.2) is 48.5 Å². The van der Waals surface area contributed by atoms with E-state index in [-0.39, 0.29) is 31.5 Å². The summed E-state index contributed by atoms with van der Waals surface area (Å²) in [4.78, 5) is 36.6. The first-order valence-electron chi connectivity index (χ1n) is 7.60. The van der Waals surface area contributed by atoms with Crippen LogP contribution in [0.25, 0.3) is 0 Å². The van der Waals surface area contributed by atoms with Crippen LogP contribution in [-0.2, 0) is 20.9 Å². The van der Waals surface area contributed by atoms with Gasteiger partial charge < -0.3 is 20.3 Å². The van der Waals surface area contributed by atoms with E-state index in [4.69, 9.17) is 4.74 Å². The summed E-state index contributed by atoms with van der Waals surface area (Å²) < 4.78 is 4.72. The minimum absolute atomic E-state index is 0.00421. The third-order valence-corrected chi connectivity index (χ3v) is 3.46. The van der Waals surface area contributed by atoms with Crippen LogP contribution in [0.15, 0.2) is 30.3 Å². The highest BCUT2D eigenvalue weighted by Gasteiger charge is 2.30. The Balaban J connectivity index is 1.76. The van der Waals surface area contributed by atoms with Crippen LogP contribution < -0.4 is 10.6 Å². The van der Waals surface area contributed by atoms with E-state index in [1.807, 2.05) is 30.3 Å².